The average Bonchev–Trinajstić information content (AvgIpc) is 1.85. The molecule has 0 aromatic heterocycles. The first-order chi connectivity index (χ1) is 5.13. The molecule has 0 aromatic rings. The van der Waals surface area contributed by atoms with Gasteiger partial charge < -0.3 is 4.90 Å². The van der Waals surface area contributed by atoms with E-state index in [1.165, 1.54) is 0 Å². The topological polar surface area (TPSA) is 52.6 Å². The Bertz CT molecular complexity index is 119. The lowest BCUT2D eigenvalue weighted by Crippen LogP contribution is -2.19. The molecule has 0 aliphatic carbocycles. The van der Waals surface area contributed by atoms with E-state index in [0.29, 0.717) is 6.54 Å². The smallest absolute Gasteiger partial charge is 0.231 e. The summed E-state index contributed by atoms with van der Waals surface area (Å²) in [7, 11) is 4.02. The SMILES string of the molecule is CN(C)CCCCNS(=O)O. The normalized spacial score (nSPS) is 13.8. The Balaban J connectivity index is 2.97. The molecule has 0 rings (SSSR count). The maximum atomic E-state index is 10.1. The van der Waals surface area contributed by atoms with Gasteiger partial charge in [0.25, 0.3) is 0 Å². The standard InChI is InChI=1S/C6H16N2O2S/c1-8(2)6-4-3-5-7-11(9)10/h7H,3-6H2,1-2H3,(H,9,10). The number of hydrogen-bond donors (Lipinski definition) is 2. The fraction of sp³-hybridized carbons (Fsp3) is 1.00. The summed E-state index contributed by atoms with van der Waals surface area (Å²) in [5, 5.41) is 0. The minimum atomic E-state index is -1.84. The number of hydrogen-bond acceptors (Lipinski definition) is 2. The highest BCUT2D eigenvalue weighted by Gasteiger charge is 1.92. The average molecular weight is 180 g/mol. The van der Waals surface area contributed by atoms with E-state index in [1.807, 2.05) is 14.1 Å². The van der Waals surface area contributed by atoms with Crippen LogP contribution in [0.1, 0.15) is 12.8 Å². The van der Waals surface area contributed by atoms with Crippen molar-refractivity contribution in [3.8, 4) is 0 Å². The van der Waals surface area contributed by atoms with Gasteiger partial charge in [0.2, 0.25) is 11.3 Å². The zero-order valence-electron chi connectivity index (χ0n) is 7.04. The summed E-state index contributed by atoms with van der Waals surface area (Å²) in [4.78, 5) is 2.09. The van der Waals surface area contributed by atoms with Crippen molar-refractivity contribution in [1.29, 1.82) is 0 Å². The van der Waals surface area contributed by atoms with E-state index in [4.69, 9.17) is 4.55 Å². The van der Waals surface area contributed by atoms with Gasteiger partial charge in [0.05, 0.1) is 0 Å². The second kappa shape index (κ2) is 6.72. The van der Waals surface area contributed by atoms with Crippen molar-refractivity contribution in [1.82, 2.24) is 9.62 Å². The van der Waals surface area contributed by atoms with Crippen LogP contribution in [-0.4, -0.2) is 40.8 Å². The molecule has 1 unspecified atom stereocenters. The Morgan fingerprint density at radius 3 is 2.55 bits per heavy atom. The van der Waals surface area contributed by atoms with Crippen LogP contribution in [0, 0.1) is 0 Å². The summed E-state index contributed by atoms with van der Waals surface area (Å²) >= 11 is -1.84. The Labute approximate surface area is 70.4 Å². The van der Waals surface area contributed by atoms with Gasteiger partial charge in [-0.3, -0.25) is 4.55 Å². The Kier molecular flexibility index (Phi) is 6.74. The molecule has 0 aliphatic rings. The molecule has 1 atom stereocenters. The molecule has 0 aliphatic heterocycles. The van der Waals surface area contributed by atoms with E-state index >= 15 is 0 Å². The van der Waals surface area contributed by atoms with Crippen molar-refractivity contribution in [2.45, 2.75) is 12.8 Å². The highest BCUT2D eigenvalue weighted by atomic mass is 32.2. The van der Waals surface area contributed by atoms with E-state index < -0.39 is 11.3 Å². The van der Waals surface area contributed by atoms with Crippen LogP contribution in [0.25, 0.3) is 0 Å². The van der Waals surface area contributed by atoms with Crippen LogP contribution in [0.3, 0.4) is 0 Å². The Hall–Kier alpha value is 0.0300. The van der Waals surface area contributed by atoms with Crippen molar-refractivity contribution in [2.75, 3.05) is 27.2 Å². The summed E-state index contributed by atoms with van der Waals surface area (Å²) in [6.45, 7) is 1.64. The van der Waals surface area contributed by atoms with Gasteiger partial charge in [0.15, 0.2) is 0 Å². The van der Waals surface area contributed by atoms with Crippen LogP contribution in [0.15, 0.2) is 0 Å². The molecule has 0 fully saturated rings. The summed E-state index contributed by atoms with van der Waals surface area (Å²) in [6, 6.07) is 0. The van der Waals surface area contributed by atoms with Gasteiger partial charge in [0.1, 0.15) is 0 Å². The van der Waals surface area contributed by atoms with Crippen LogP contribution in [0.5, 0.6) is 0 Å². The fourth-order valence-electron chi connectivity index (χ4n) is 0.713. The summed E-state index contributed by atoms with van der Waals surface area (Å²) in [5.41, 5.74) is 0. The zero-order valence-corrected chi connectivity index (χ0v) is 7.86. The lowest BCUT2D eigenvalue weighted by atomic mass is 10.3. The highest BCUT2D eigenvalue weighted by Crippen LogP contribution is 1.88. The lowest BCUT2D eigenvalue weighted by Gasteiger charge is -2.07. The van der Waals surface area contributed by atoms with Crippen molar-refractivity contribution >= 4 is 11.3 Å². The Morgan fingerprint density at radius 1 is 1.45 bits per heavy atom. The number of nitrogens with zero attached hydrogens (tertiary/aromatic N) is 1. The number of rotatable bonds is 6. The minimum Gasteiger partial charge on any atom is -0.309 e. The second-order valence-electron chi connectivity index (χ2n) is 2.65. The van der Waals surface area contributed by atoms with Crippen LogP contribution in [0.2, 0.25) is 0 Å². The van der Waals surface area contributed by atoms with Crippen LogP contribution < -0.4 is 4.72 Å². The molecule has 0 amide bonds. The minimum absolute atomic E-state index is 0.608. The predicted octanol–water partition coefficient (Wildman–Crippen LogP) is 0.0545. The van der Waals surface area contributed by atoms with Crippen LogP contribution in [-0.2, 0) is 11.3 Å². The van der Waals surface area contributed by atoms with Gasteiger partial charge in [-0.25, -0.2) is 8.93 Å². The van der Waals surface area contributed by atoms with E-state index in [-0.39, 0.29) is 0 Å². The molecule has 0 radical (unpaired) electrons. The number of nitrogens with one attached hydrogen (secondary N) is 1. The van der Waals surface area contributed by atoms with Gasteiger partial charge >= 0.3 is 0 Å². The maximum absolute atomic E-state index is 10.1. The molecule has 5 heteroatoms. The molecule has 0 saturated heterocycles. The molecular formula is C6H16N2O2S. The van der Waals surface area contributed by atoms with Crippen molar-refractivity contribution in [3.63, 3.8) is 0 Å². The molecule has 0 saturated carbocycles. The van der Waals surface area contributed by atoms with Crippen molar-refractivity contribution in [3.05, 3.63) is 0 Å². The largest absolute Gasteiger partial charge is 0.309 e. The van der Waals surface area contributed by atoms with Crippen molar-refractivity contribution in [2.24, 2.45) is 0 Å². The van der Waals surface area contributed by atoms with Gasteiger partial charge in [0, 0.05) is 6.54 Å². The van der Waals surface area contributed by atoms with E-state index in [1.54, 1.807) is 0 Å². The van der Waals surface area contributed by atoms with Gasteiger partial charge in [-0.05, 0) is 33.5 Å². The molecule has 11 heavy (non-hydrogen) atoms. The fourth-order valence-corrected chi connectivity index (χ4v) is 1.03. The maximum Gasteiger partial charge on any atom is 0.231 e. The molecule has 68 valence electrons. The zero-order chi connectivity index (χ0) is 8.69. The third-order valence-corrected chi connectivity index (χ3v) is 1.71. The summed E-state index contributed by atoms with van der Waals surface area (Å²) < 4.78 is 20.8. The van der Waals surface area contributed by atoms with Crippen molar-refractivity contribution < 1.29 is 8.76 Å². The predicted molar refractivity (Wildman–Crippen MR) is 46.6 cm³/mol. The van der Waals surface area contributed by atoms with Crippen LogP contribution >= 0.6 is 0 Å². The van der Waals surface area contributed by atoms with Gasteiger partial charge in [-0.1, -0.05) is 0 Å². The monoisotopic (exact) mass is 180 g/mol. The van der Waals surface area contributed by atoms with Gasteiger partial charge in [-0.15, -0.1) is 0 Å². The number of unbranched alkanes of at least 4 members (excludes halogenated alkanes) is 1. The Morgan fingerprint density at radius 2 is 2.09 bits per heavy atom. The first-order valence-corrected chi connectivity index (χ1v) is 4.72. The third kappa shape index (κ3) is 10.0. The van der Waals surface area contributed by atoms with E-state index in [2.05, 4.69) is 9.62 Å². The summed E-state index contributed by atoms with van der Waals surface area (Å²) in [5.74, 6) is 0. The quantitative estimate of drug-likeness (QED) is 0.449. The molecule has 0 aromatic carbocycles. The highest BCUT2D eigenvalue weighted by molar-refractivity contribution is 7.77. The summed E-state index contributed by atoms with van der Waals surface area (Å²) in [6.07, 6.45) is 1.99. The molecule has 2 N–H and O–H groups in total. The first-order valence-electron chi connectivity index (χ1n) is 3.62. The lowest BCUT2D eigenvalue weighted by molar-refractivity contribution is 0.394. The third-order valence-electron chi connectivity index (χ3n) is 1.26. The van der Waals surface area contributed by atoms with E-state index in [0.717, 1.165) is 19.4 Å². The molecule has 0 spiro atoms. The van der Waals surface area contributed by atoms with Crippen LogP contribution in [0.4, 0.5) is 0 Å². The molecule has 4 nitrogen and oxygen atoms in total. The molecule has 0 heterocycles. The second-order valence-corrected chi connectivity index (χ2v) is 3.44. The van der Waals surface area contributed by atoms with E-state index in [9.17, 15) is 4.21 Å². The van der Waals surface area contributed by atoms with Gasteiger partial charge in [-0.2, -0.15) is 0 Å². The first kappa shape index (κ1) is 11.0. The molecule has 0 bridgehead atoms. The molecular weight excluding hydrogens is 164 g/mol.